The number of hydrogen-bond donors (Lipinski definition) is 2. The molecule has 0 aliphatic carbocycles. The van der Waals surface area contributed by atoms with Gasteiger partial charge in [0.2, 0.25) is 0 Å². The molecule has 0 spiro atoms. The number of nitrogen functional groups attached to an aromatic ring is 1. The van der Waals surface area contributed by atoms with Gasteiger partial charge in [0.05, 0.1) is 12.1 Å². The maximum Gasteiger partial charge on any atom is 0.268 e. The third kappa shape index (κ3) is 4.98. The van der Waals surface area contributed by atoms with Gasteiger partial charge in [-0.2, -0.15) is 0 Å². The van der Waals surface area contributed by atoms with Crippen LogP contribution in [0, 0.1) is 6.92 Å². The molecule has 20 heavy (non-hydrogen) atoms. The molecular formula is C15H27N3O2. The number of hydrazine groups is 1. The fourth-order valence-corrected chi connectivity index (χ4v) is 2.18. The van der Waals surface area contributed by atoms with Crippen LogP contribution in [0.1, 0.15) is 61.4 Å². The lowest BCUT2D eigenvalue weighted by Gasteiger charge is -2.20. The minimum Gasteiger partial charge on any atom is -0.464 e. The largest absolute Gasteiger partial charge is 0.464 e. The number of unbranched alkanes of at least 4 members (excludes halogenated alkanes) is 2. The van der Waals surface area contributed by atoms with Crippen LogP contribution < -0.4 is 11.3 Å². The second-order valence-electron chi connectivity index (χ2n) is 5.14. The summed E-state index contributed by atoms with van der Waals surface area (Å²) < 4.78 is 5.67. The first-order valence-corrected chi connectivity index (χ1v) is 7.44. The van der Waals surface area contributed by atoms with Gasteiger partial charge in [-0.05, 0) is 38.9 Å². The number of carbonyl (C=O) groups is 1. The number of aryl methyl sites for hydroxylation is 1. The predicted molar refractivity (Wildman–Crippen MR) is 80.2 cm³/mol. The summed E-state index contributed by atoms with van der Waals surface area (Å²) in [6, 6.07) is 1.79. The van der Waals surface area contributed by atoms with Gasteiger partial charge in [-0.1, -0.05) is 26.7 Å². The van der Waals surface area contributed by atoms with Crippen molar-refractivity contribution in [3.63, 3.8) is 0 Å². The zero-order valence-electron chi connectivity index (χ0n) is 12.9. The monoisotopic (exact) mass is 281 g/mol. The number of hydrogen-bond acceptors (Lipinski definition) is 4. The first kappa shape index (κ1) is 16.7. The Morgan fingerprint density at radius 1 is 1.30 bits per heavy atom. The van der Waals surface area contributed by atoms with E-state index in [9.17, 15) is 4.79 Å². The lowest BCUT2D eigenvalue weighted by atomic mass is 10.2. The molecule has 1 aromatic rings. The molecule has 0 saturated heterocycles. The number of nitrogens with two attached hydrogens (primary N) is 1. The van der Waals surface area contributed by atoms with Crippen LogP contribution in [-0.2, 0) is 6.54 Å². The SMILES string of the molecule is CCCCN(CCCC)Cc1cc(C(=O)NN)c(C)o1. The highest BCUT2D eigenvalue weighted by Gasteiger charge is 2.15. The van der Waals surface area contributed by atoms with E-state index in [0.29, 0.717) is 11.3 Å². The Morgan fingerprint density at radius 3 is 2.40 bits per heavy atom. The molecule has 0 radical (unpaired) electrons. The van der Waals surface area contributed by atoms with E-state index in [1.807, 2.05) is 0 Å². The molecule has 3 N–H and O–H groups in total. The molecular weight excluding hydrogens is 254 g/mol. The van der Waals surface area contributed by atoms with Crippen molar-refractivity contribution in [1.29, 1.82) is 0 Å². The molecule has 5 nitrogen and oxygen atoms in total. The van der Waals surface area contributed by atoms with E-state index in [2.05, 4.69) is 24.2 Å². The highest BCUT2D eigenvalue weighted by molar-refractivity contribution is 5.94. The van der Waals surface area contributed by atoms with Crippen molar-refractivity contribution >= 4 is 5.91 Å². The molecule has 0 aliphatic heterocycles. The van der Waals surface area contributed by atoms with Crippen molar-refractivity contribution < 1.29 is 9.21 Å². The third-order valence-corrected chi connectivity index (χ3v) is 3.38. The zero-order chi connectivity index (χ0) is 15.0. The van der Waals surface area contributed by atoms with Crippen LogP contribution in [0.5, 0.6) is 0 Å². The standard InChI is InChI=1S/C15H27N3O2/c1-4-6-8-18(9-7-5-2)11-13-10-14(12(3)20-13)15(19)17-16/h10H,4-9,11,16H2,1-3H3,(H,17,19). The number of rotatable bonds is 9. The van der Waals surface area contributed by atoms with Crippen molar-refractivity contribution in [3.05, 3.63) is 23.2 Å². The van der Waals surface area contributed by atoms with Crippen molar-refractivity contribution in [2.45, 2.75) is 53.0 Å². The summed E-state index contributed by atoms with van der Waals surface area (Å²) in [7, 11) is 0. The van der Waals surface area contributed by atoms with Gasteiger partial charge in [0.1, 0.15) is 11.5 Å². The van der Waals surface area contributed by atoms with Gasteiger partial charge in [-0.25, -0.2) is 5.84 Å². The number of nitrogens with zero attached hydrogens (tertiary/aromatic N) is 1. The van der Waals surface area contributed by atoms with E-state index in [4.69, 9.17) is 10.3 Å². The number of amides is 1. The van der Waals surface area contributed by atoms with Crippen molar-refractivity contribution in [1.82, 2.24) is 10.3 Å². The summed E-state index contributed by atoms with van der Waals surface area (Å²) >= 11 is 0. The van der Waals surface area contributed by atoms with Crippen LogP contribution in [-0.4, -0.2) is 23.9 Å². The third-order valence-electron chi connectivity index (χ3n) is 3.38. The molecule has 0 bridgehead atoms. The molecule has 0 aliphatic rings. The molecule has 0 saturated carbocycles. The normalized spacial score (nSPS) is 11.1. The van der Waals surface area contributed by atoms with E-state index in [0.717, 1.165) is 25.4 Å². The quantitative estimate of drug-likeness (QED) is 0.414. The second kappa shape index (κ2) is 8.76. The van der Waals surface area contributed by atoms with Gasteiger partial charge in [-0.3, -0.25) is 15.1 Å². The Hall–Kier alpha value is -1.33. The van der Waals surface area contributed by atoms with Gasteiger partial charge in [0.25, 0.3) is 5.91 Å². The summed E-state index contributed by atoms with van der Waals surface area (Å²) in [6.45, 7) is 9.05. The van der Waals surface area contributed by atoms with Crippen molar-refractivity contribution in [2.24, 2.45) is 5.84 Å². The average molecular weight is 281 g/mol. The molecule has 5 heteroatoms. The highest BCUT2D eigenvalue weighted by Crippen LogP contribution is 2.17. The first-order chi connectivity index (χ1) is 9.62. The predicted octanol–water partition coefficient (Wildman–Crippen LogP) is 2.59. The molecule has 0 fully saturated rings. The van der Waals surface area contributed by atoms with Gasteiger partial charge >= 0.3 is 0 Å². The van der Waals surface area contributed by atoms with Crippen LogP contribution in [0.15, 0.2) is 10.5 Å². The lowest BCUT2D eigenvalue weighted by Crippen LogP contribution is -2.30. The Morgan fingerprint density at radius 2 is 1.90 bits per heavy atom. The van der Waals surface area contributed by atoms with Gasteiger partial charge < -0.3 is 4.42 Å². The van der Waals surface area contributed by atoms with Crippen molar-refractivity contribution in [3.8, 4) is 0 Å². The summed E-state index contributed by atoms with van der Waals surface area (Å²) in [6.07, 6.45) is 4.72. The fraction of sp³-hybridized carbons (Fsp3) is 0.667. The summed E-state index contributed by atoms with van der Waals surface area (Å²) in [5.41, 5.74) is 2.67. The summed E-state index contributed by atoms with van der Waals surface area (Å²) in [4.78, 5) is 14.0. The fourth-order valence-electron chi connectivity index (χ4n) is 2.18. The van der Waals surface area contributed by atoms with Gasteiger partial charge in [0, 0.05) is 0 Å². The molecule has 1 amide bonds. The van der Waals surface area contributed by atoms with Crippen LogP contribution in [0.2, 0.25) is 0 Å². The maximum absolute atomic E-state index is 11.6. The highest BCUT2D eigenvalue weighted by atomic mass is 16.3. The molecule has 1 heterocycles. The first-order valence-electron chi connectivity index (χ1n) is 7.44. The van der Waals surface area contributed by atoms with Crippen molar-refractivity contribution in [2.75, 3.05) is 13.1 Å². The minimum absolute atomic E-state index is 0.300. The Labute approximate surface area is 121 Å². The van der Waals surface area contributed by atoms with Crippen LogP contribution >= 0.6 is 0 Å². The molecule has 1 rings (SSSR count). The van der Waals surface area contributed by atoms with Crippen LogP contribution in [0.25, 0.3) is 0 Å². The zero-order valence-corrected chi connectivity index (χ0v) is 12.9. The van der Waals surface area contributed by atoms with E-state index in [-0.39, 0.29) is 5.91 Å². The Balaban J connectivity index is 2.69. The average Bonchev–Trinajstić information content (AvgIpc) is 2.81. The molecule has 0 aromatic carbocycles. The lowest BCUT2D eigenvalue weighted by molar-refractivity contribution is 0.0952. The maximum atomic E-state index is 11.6. The molecule has 0 atom stereocenters. The summed E-state index contributed by atoms with van der Waals surface area (Å²) in [5, 5.41) is 0. The Bertz CT molecular complexity index is 407. The number of carbonyl (C=O) groups excluding carboxylic acids is 1. The minimum atomic E-state index is -0.300. The van der Waals surface area contributed by atoms with Gasteiger partial charge in [-0.15, -0.1) is 0 Å². The topological polar surface area (TPSA) is 71.5 Å². The van der Waals surface area contributed by atoms with E-state index >= 15 is 0 Å². The summed E-state index contributed by atoms with van der Waals surface area (Å²) in [5.74, 6) is 6.31. The van der Waals surface area contributed by atoms with E-state index in [1.165, 1.54) is 25.7 Å². The van der Waals surface area contributed by atoms with Crippen LogP contribution in [0.4, 0.5) is 0 Å². The van der Waals surface area contributed by atoms with Gasteiger partial charge in [0.15, 0.2) is 0 Å². The molecule has 114 valence electrons. The number of nitrogens with one attached hydrogen (secondary N) is 1. The van der Waals surface area contributed by atoms with Crippen LogP contribution in [0.3, 0.4) is 0 Å². The van der Waals surface area contributed by atoms with E-state index in [1.54, 1.807) is 13.0 Å². The number of furan rings is 1. The Kier molecular flexibility index (Phi) is 7.33. The smallest absolute Gasteiger partial charge is 0.268 e. The molecule has 0 unspecified atom stereocenters. The van der Waals surface area contributed by atoms with E-state index < -0.39 is 0 Å². The second-order valence-corrected chi connectivity index (χ2v) is 5.14. The molecule has 1 aromatic heterocycles.